The summed E-state index contributed by atoms with van der Waals surface area (Å²) in [7, 11) is 0. The zero-order valence-corrected chi connectivity index (χ0v) is 11.7. The average Bonchev–Trinajstić information content (AvgIpc) is 2.40. The largest absolute Gasteiger partial charge is 0.326 e. The Balaban J connectivity index is 1.76. The van der Waals surface area contributed by atoms with Crippen LogP contribution in [0, 0.1) is 6.92 Å². The van der Waals surface area contributed by atoms with Gasteiger partial charge in [0.15, 0.2) is 0 Å². The Bertz CT molecular complexity index is 539. The predicted molar refractivity (Wildman–Crippen MR) is 81.6 cm³/mol. The van der Waals surface area contributed by atoms with E-state index in [1.807, 2.05) is 49.4 Å². The minimum absolute atomic E-state index is 0.0639. The summed E-state index contributed by atoms with van der Waals surface area (Å²) in [6.07, 6.45) is 0.521. The average molecular weight is 271 g/mol. The highest BCUT2D eigenvalue weighted by molar-refractivity contribution is 7.99. The molecule has 0 unspecified atom stereocenters. The van der Waals surface area contributed by atoms with E-state index in [-0.39, 0.29) is 5.91 Å². The molecule has 0 aliphatic heterocycles. The first kappa shape index (κ1) is 13.7. The molecular formula is C16H17NOS. The number of amides is 1. The van der Waals surface area contributed by atoms with Crippen molar-refractivity contribution in [2.45, 2.75) is 18.2 Å². The molecule has 0 spiro atoms. The van der Waals surface area contributed by atoms with Crippen molar-refractivity contribution in [2.24, 2.45) is 0 Å². The van der Waals surface area contributed by atoms with E-state index in [1.165, 1.54) is 4.90 Å². The van der Waals surface area contributed by atoms with Gasteiger partial charge in [0, 0.05) is 22.8 Å². The number of rotatable bonds is 5. The maximum atomic E-state index is 11.8. The van der Waals surface area contributed by atoms with E-state index < -0.39 is 0 Å². The highest BCUT2D eigenvalue weighted by Gasteiger charge is 2.02. The van der Waals surface area contributed by atoms with Crippen LogP contribution in [-0.2, 0) is 4.79 Å². The summed E-state index contributed by atoms with van der Waals surface area (Å²) in [5.74, 6) is 0.857. The molecular weight excluding hydrogens is 254 g/mol. The van der Waals surface area contributed by atoms with Gasteiger partial charge in [0.05, 0.1) is 0 Å². The third-order valence-electron chi connectivity index (χ3n) is 2.64. The second kappa shape index (κ2) is 7.00. The highest BCUT2D eigenvalue weighted by Crippen LogP contribution is 2.18. The van der Waals surface area contributed by atoms with Gasteiger partial charge in [-0.3, -0.25) is 4.79 Å². The number of anilines is 1. The third-order valence-corrected chi connectivity index (χ3v) is 3.66. The second-order valence-electron chi connectivity index (χ2n) is 4.33. The molecule has 0 bridgehead atoms. The molecule has 2 aromatic carbocycles. The van der Waals surface area contributed by atoms with Crippen molar-refractivity contribution in [1.82, 2.24) is 0 Å². The van der Waals surface area contributed by atoms with Gasteiger partial charge in [-0.1, -0.05) is 30.3 Å². The quantitative estimate of drug-likeness (QED) is 0.829. The fourth-order valence-corrected chi connectivity index (χ4v) is 2.60. The molecule has 0 aromatic heterocycles. The van der Waals surface area contributed by atoms with Crippen LogP contribution in [0.2, 0.25) is 0 Å². The first-order valence-corrected chi connectivity index (χ1v) is 7.27. The molecule has 19 heavy (non-hydrogen) atoms. The lowest BCUT2D eigenvalue weighted by atomic mass is 10.2. The summed E-state index contributed by atoms with van der Waals surface area (Å²) < 4.78 is 0. The Labute approximate surface area is 118 Å². The highest BCUT2D eigenvalue weighted by atomic mass is 32.2. The molecule has 0 fully saturated rings. The van der Waals surface area contributed by atoms with Crippen molar-refractivity contribution in [1.29, 1.82) is 0 Å². The zero-order chi connectivity index (χ0) is 13.5. The van der Waals surface area contributed by atoms with Gasteiger partial charge in [-0.15, -0.1) is 11.8 Å². The number of hydrogen-bond acceptors (Lipinski definition) is 2. The summed E-state index contributed by atoms with van der Waals surface area (Å²) in [6.45, 7) is 2.01. The molecule has 2 aromatic rings. The maximum Gasteiger partial charge on any atom is 0.225 e. The first-order valence-electron chi connectivity index (χ1n) is 6.28. The molecule has 0 atom stereocenters. The van der Waals surface area contributed by atoms with Crippen molar-refractivity contribution in [3.63, 3.8) is 0 Å². The van der Waals surface area contributed by atoms with Gasteiger partial charge < -0.3 is 5.32 Å². The van der Waals surface area contributed by atoms with Crippen molar-refractivity contribution in [3.8, 4) is 0 Å². The number of aryl methyl sites for hydroxylation is 1. The van der Waals surface area contributed by atoms with E-state index in [0.717, 1.165) is 17.0 Å². The van der Waals surface area contributed by atoms with Gasteiger partial charge in [0.25, 0.3) is 0 Å². The maximum absolute atomic E-state index is 11.8. The SMILES string of the molecule is Cc1cccc(NC(=O)CCSc2ccccc2)c1. The number of benzene rings is 2. The minimum atomic E-state index is 0.0639. The summed E-state index contributed by atoms with van der Waals surface area (Å²) in [4.78, 5) is 13.0. The molecule has 1 N–H and O–H groups in total. The lowest BCUT2D eigenvalue weighted by molar-refractivity contribution is -0.115. The summed E-state index contributed by atoms with van der Waals surface area (Å²) in [5, 5.41) is 2.92. The Kier molecular flexibility index (Phi) is 5.04. The Morgan fingerprint density at radius 2 is 1.89 bits per heavy atom. The molecule has 0 saturated heterocycles. The molecule has 0 heterocycles. The third kappa shape index (κ3) is 4.79. The first-order chi connectivity index (χ1) is 9.24. The topological polar surface area (TPSA) is 29.1 Å². The van der Waals surface area contributed by atoms with E-state index in [4.69, 9.17) is 0 Å². The second-order valence-corrected chi connectivity index (χ2v) is 5.50. The van der Waals surface area contributed by atoms with Crippen LogP contribution in [0.5, 0.6) is 0 Å². The minimum Gasteiger partial charge on any atom is -0.326 e. The summed E-state index contributed by atoms with van der Waals surface area (Å²) in [6, 6.07) is 18.0. The van der Waals surface area contributed by atoms with Gasteiger partial charge in [0.2, 0.25) is 5.91 Å². The van der Waals surface area contributed by atoms with Gasteiger partial charge in [-0.25, -0.2) is 0 Å². The van der Waals surface area contributed by atoms with E-state index in [1.54, 1.807) is 11.8 Å². The molecule has 0 aliphatic carbocycles. The van der Waals surface area contributed by atoms with Crippen molar-refractivity contribution in [3.05, 3.63) is 60.2 Å². The van der Waals surface area contributed by atoms with E-state index in [2.05, 4.69) is 17.4 Å². The lowest BCUT2D eigenvalue weighted by Gasteiger charge is -2.06. The molecule has 3 heteroatoms. The van der Waals surface area contributed by atoms with Crippen LogP contribution in [0.1, 0.15) is 12.0 Å². The summed E-state index contributed by atoms with van der Waals surface area (Å²) in [5.41, 5.74) is 2.02. The summed E-state index contributed by atoms with van der Waals surface area (Å²) >= 11 is 1.70. The van der Waals surface area contributed by atoms with Crippen LogP contribution < -0.4 is 5.32 Å². The molecule has 0 radical (unpaired) electrons. The molecule has 2 rings (SSSR count). The van der Waals surface area contributed by atoms with E-state index >= 15 is 0 Å². The smallest absolute Gasteiger partial charge is 0.225 e. The zero-order valence-electron chi connectivity index (χ0n) is 10.9. The van der Waals surface area contributed by atoms with Gasteiger partial charge in [0.1, 0.15) is 0 Å². The van der Waals surface area contributed by atoms with E-state index in [0.29, 0.717) is 6.42 Å². The van der Waals surface area contributed by atoms with Crippen LogP contribution >= 0.6 is 11.8 Å². The van der Waals surface area contributed by atoms with Gasteiger partial charge in [-0.05, 0) is 36.8 Å². The molecule has 0 aliphatic rings. The molecule has 1 amide bonds. The van der Waals surface area contributed by atoms with E-state index in [9.17, 15) is 4.79 Å². The number of carbonyl (C=O) groups is 1. The van der Waals surface area contributed by atoms with Crippen LogP contribution in [0.3, 0.4) is 0 Å². The number of hydrogen-bond donors (Lipinski definition) is 1. The van der Waals surface area contributed by atoms with Gasteiger partial charge in [-0.2, -0.15) is 0 Å². The van der Waals surface area contributed by atoms with Gasteiger partial charge >= 0.3 is 0 Å². The van der Waals surface area contributed by atoms with Crippen molar-refractivity contribution < 1.29 is 4.79 Å². The fraction of sp³-hybridized carbons (Fsp3) is 0.188. The van der Waals surface area contributed by atoms with Crippen molar-refractivity contribution >= 4 is 23.4 Å². The molecule has 98 valence electrons. The Morgan fingerprint density at radius 3 is 2.63 bits per heavy atom. The van der Waals surface area contributed by atoms with Crippen molar-refractivity contribution in [2.75, 3.05) is 11.1 Å². The lowest BCUT2D eigenvalue weighted by Crippen LogP contribution is -2.12. The predicted octanol–water partition coefficient (Wildman–Crippen LogP) is 4.12. The number of thioether (sulfide) groups is 1. The van der Waals surface area contributed by atoms with Crippen LogP contribution in [0.15, 0.2) is 59.5 Å². The Morgan fingerprint density at radius 1 is 1.11 bits per heavy atom. The molecule has 0 saturated carbocycles. The normalized spacial score (nSPS) is 10.2. The number of carbonyl (C=O) groups excluding carboxylic acids is 1. The number of nitrogens with one attached hydrogen (secondary N) is 1. The van der Waals surface area contributed by atoms with Crippen LogP contribution in [-0.4, -0.2) is 11.7 Å². The van der Waals surface area contributed by atoms with Crippen LogP contribution in [0.25, 0.3) is 0 Å². The monoisotopic (exact) mass is 271 g/mol. The fourth-order valence-electron chi connectivity index (χ4n) is 1.72. The Hall–Kier alpha value is -1.74. The standard InChI is InChI=1S/C16H17NOS/c1-13-6-5-7-14(12-13)17-16(18)10-11-19-15-8-3-2-4-9-15/h2-9,12H,10-11H2,1H3,(H,17,18). The van der Waals surface area contributed by atoms with Crippen LogP contribution in [0.4, 0.5) is 5.69 Å². The molecule has 2 nitrogen and oxygen atoms in total.